The molecule has 11 heteroatoms. The number of carbonyl (C=O) groups is 2. The minimum Gasteiger partial charge on any atom is -0.365 e. The number of hydrogen-bond acceptors (Lipinski definition) is 5. The van der Waals surface area contributed by atoms with Gasteiger partial charge < -0.3 is 11.1 Å². The highest BCUT2D eigenvalue weighted by molar-refractivity contribution is 6.02. The van der Waals surface area contributed by atoms with Crippen LogP contribution in [0, 0.1) is 23.2 Å². The molecule has 3 fully saturated rings. The summed E-state index contributed by atoms with van der Waals surface area (Å²) in [6.07, 6.45) is 1.45. The Kier molecular flexibility index (Phi) is 5.45. The predicted molar refractivity (Wildman–Crippen MR) is 104 cm³/mol. The van der Waals surface area contributed by atoms with Gasteiger partial charge in [-0.3, -0.25) is 19.2 Å². The van der Waals surface area contributed by atoms with Gasteiger partial charge in [0.05, 0.1) is 24.4 Å². The fourth-order valence-corrected chi connectivity index (χ4v) is 4.64. The van der Waals surface area contributed by atoms with E-state index in [4.69, 9.17) is 5.73 Å². The van der Waals surface area contributed by atoms with Crippen LogP contribution >= 0.6 is 0 Å². The van der Waals surface area contributed by atoms with Crippen LogP contribution in [0.25, 0.3) is 0 Å². The number of rotatable bonds is 6. The van der Waals surface area contributed by atoms with Crippen molar-refractivity contribution < 1.29 is 22.8 Å². The van der Waals surface area contributed by atoms with Crippen molar-refractivity contribution in [2.45, 2.75) is 62.7 Å². The van der Waals surface area contributed by atoms with Gasteiger partial charge in [-0.15, -0.1) is 0 Å². The molecule has 0 unspecified atom stereocenters. The van der Waals surface area contributed by atoms with Crippen LogP contribution in [0.5, 0.6) is 0 Å². The van der Waals surface area contributed by atoms with Gasteiger partial charge in [0.2, 0.25) is 5.91 Å². The average molecular weight is 438 g/mol. The number of amides is 2. The Labute approximate surface area is 177 Å². The molecule has 2 amide bonds. The maximum absolute atomic E-state index is 12.9. The third kappa shape index (κ3) is 4.26. The Hall–Kier alpha value is -2.61. The molecular formula is C20H25F3N6O2. The molecule has 1 aromatic heterocycles. The zero-order valence-corrected chi connectivity index (χ0v) is 17.0. The van der Waals surface area contributed by atoms with E-state index in [1.54, 1.807) is 9.58 Å². The van der Waals surface area contributed by atoms with Crippen LogP contribution in [0.3, 0.4) is 0 Å². The van der Waals surface area contributed by atoms with Crippen molar-refractivity contribution in [3.63, 3.8) is 0 Å². The van der Waals surface area contributed by atoms with Crippen LogP contribution < -0.4 is 11.1 Å². The molecule has 4 rings (SSSR count). The fourth-order valence-electron chi connectivity index (χ4n) is 4.64. The summed E-state index contributed by atoms with van der Waals surface area (Å²) in [6.45, 7) is -0.137. The molecule has 31 heavy (non-hydrogen) atoms. The van der Waals surface area contributed by atoms with Crippen LogP contribution in [0.1, 0.15) is 61.3 Å². The van der Waals surface area contributed by atoms with Gasteiger partial charge in [0.15, 0.2) is 5.82 Å². The summed E-state index contributed by atoms with van der Waals surface area (Å²) >= 11 is 0. The summed E-state index contributed by atoms with van der Waals surface area (Å²) in [6, 6.07) is 2.06. The van der Waals surface area contributed by atoms with Crippen molar-refractivity contribution in [3.8, 4) is 6.07 Å². The topological polar surface area (TPSA) is 117 Å². The molecule has 0 spiro atoms. The molecule has 2 saturated carbocycles. The van der Waals surface area contributed by atoms with Crippen LogP contribution in [0.4, 0.5) is 19.0 Å². The molecular weight excluding hydrogens is 413 g/mol. The van der Waals surface area contributed by atoms with Crippen molar-refractivity contribution in [3.05, 3.63) is 11.8 Å². The molecule has 168 valence electrons. The molecule has 3 aliphatic rings. The number of nitrogens with two attached hydrogens (primary N) is 1. The molecule has 0 bridgehead atoms. The van der Waals surface area contributed by atoms with Crippen molar-refractivity contribution >= 4 is 17.6 Å². The molecule has 0 radical (unpaired) electrons. The number of carbonyl (C=O) groups excluding carboxylic acids is 2. The third-order valence-electron chi connectivity index (χ3n) is 6.87. The summed E-state index contributed by atoms with van der Waals surface area (Å²) in [7, 11) is 0. The quantitative estimate of drug-likeness (QED) is 0.708. The highest BCUT2D eigenvalue weighted by atomic mass is 19.4. The van der Waals surface area contributed by atoms with E-state index in [9.17, 15) is 28.0 Å². The number of alkyl halides is 3. The molecule has 1 saturated heterocycles. The van der Waals surface area contributed by atoms with Crippen LogP contribution in [-0.2, 0) is 4.79 Å². The number of halogens is 3. The first-order chi connectivity index (χ1) is 14.6. The second-order valence-electron chi connectivity index (χ2n) is 8.93. The Bertz CT molecular complexity index is 903. The molecule has 0 aromatic carbocycles. The van der Waals surface area contributed by atoms with Crippen molar-refractivity contribution in [1.29, 1.82) is 5.26 Å². The number of nitrogens with one attached hydrogen (secondary N) is 1. The van der Waals surface area contributed by atoms with Gasteiger partial charge in [-0.2, -0.15) is 23.5 Å². The summed E-state index contributed by atoms with van der Waals surface area (Å²) in [4.78, 5) is 25.7. The maximum Gasteiger partial charge on any atom is 0.394 e. The second-order valence-corrected chi connectivity index (χ2v) is 8.93. The summed E-state index contributed by atoms with van der Waals surface area (Å²) < 4.78 is 40.4. The van der Waals surface area contributed by atoms with E-state index in [1.165, 1.54) is 6.20 Å². The highest BCUT2D eigenvalue weighted by Gasteiger charge is 2.53. The SMILES string of the molecule is N#CCC1(N2CC(C(F)(F)F)C2)CCC(n2cc(C(N)=O)c(NC(=O)C3CC3)n2)CC1. The van der Waals surface area contributed by atoms with Crippen molar-refractivity contribution in [2.75, 3.05) is 18.4 Å². The number of hydrogen-bond donors (Lipinski definition) is 2. The molecule has 1 aromatic rings. The zero-order valence-electron chi connectivity index (χ0n) is 17.0. The number of primary amides is 1. The van der Waals surface area contributed by atoms with Crippen LogP contribution in [0.2, 0.25) is 0 Å². The lowest BCUT2D eigenvalue weighted by molar-refractivity contribution is -0.224. The van der Waals surface area contributed by atoms with Gasteiger partial charge in [0.1, 0.15) is 5.56 Å². The first kappa shape index (κ1) is 21.6. The molecule has 8 nitrogen and oxygen atoms in total. The standard InChI is InChI=1S/C20H25F3N6O2/c21-20(22,23)13-9-28(10-13)19(7-8-24)5-3-14(4-6-19)29-11-15(16(25)30)17(27-29)26-18(31)12-1-2-12/h11-14H,1-7,9-10H2,(H2,25,30)(H,26,27,31). The number of aromatic nitrogens is 2. The van der Waals surface area contributed by atoms with E-state index in [2.05, 4.69) is 16.5 Å². The molecule has 2 heterocycles. The summed E-state index contributed by atoms with van der Waals surface area (Å²) in [5.74, 6) is -2.10. The average Bonchev–Trinajstić information content (AvgIpc) is 3.41. The predicted octanol–water partition coefficient (Wildman–Crippen LogP) is 2.59. The lowest BCUT2D eigenvalue weighted by atomic mass is 9.73. The molecule has 1 aliphatic heterocycles. The van der Waals surface area contributed by atoms with E-state index in [-0.39, 0.29) is 48.8 Å². The first-order valence-corrected chi connectivity index (χ1v) is 10.5. The third-order valence-corrected chi connectivity index (χ3v) is 6.87. The van der Waals surface area contributed by atoms with E-state index >= 15 is 0 Å². The largest absolute Gasteiger partial charge is 0.394 e. The van der Waals surface area contributed by atoms with E-state index in [1.807, 2.05) is 0 Å². The first-order valence-electron chi connectivity index (χ1n) is 10.5. The zero-order chi connectivity index (χ0) is 22.4. The van der Waals surface area contributed by atoms with Crippen molar-refractivity contribution in [1.82, 2.24) is 14.7 Å². The molecule has 0 atom stereocenters. The minimum atomic E-state index is -4.21. The lowest BCUT2D eigenvalue weighted by Gasteiger charge is -2.54. The molecule has 3 N–H and O–H groups in total. The van der Waals surface area contributed by atoms with Crippen LogP contribution in [-0.4, -0.2) is 51.3 Å². The maximum atomic E-state index is 12.9. The Morgan fingerprint density at radius 1 is 1.26 bits per heavy atom. The normalized spacial score (nSPS) is 27.4. The van der Waals surface area contributed by atoms with E-state index < -0.39 is 23.5 Å². The summed E-state index contributed by atoms with van der Waals surface area (Å²) in [5, 5.41) is 16.3. The minimum absolute atomic E-state index is 0.0517. The Balaban J connectivity index is 1.44. The van der Waals surface area contributed by atoms with Gasteiger partial charge >= 0.3 is 6.18 Å². The van der Waals surface area contributed by atoms with Gasteiger partial charge in [-0.05, 0) is 38.5 Å². The van der Waals surface area contributed by atoms with Crippen molar-refractivity contribution in [2.24, 2.45) is 17.6 Å². The Morgan fingerprint density at radius 2 is 1.90 bits per heavy atom. The number of nitrogens with zero attached hydrogens (tertiary/aromatic N) is 4. The van der Waals surface area contributed by atoms with E-state index in [0.717, 1.165) is 12.8 Å². The van der Waals surface area contributed by atoms with Gasteiger partial charge in [0, 0.05) is 30.7 Å². The number of likely N-dealkylation sites (tertiary alicyclic amines) is 1. The highest BCUT2D eigenvalue weighted by Crippen LogP contribution is 2.46. The fraction of sp³-hybridized carbons (Fsp3) is 0.700. The van der Waals surface area contributed by atoms with Crippen LogP contribution in [0.15, 0.2) is 6.20 Å². The monoisotopic (exact) mass is 438 g/mol. The number of nitriles is 1. The smallest absolute Gasteiger partial charge is 0.365 e. The summed E-state index contributed by atoms with van der Waals surface area (Å²) in [5.41, 5.74) is 5.02. The lowest BCUT2D eigenvalue weighted by Crippen LogP contribution is -2.63. The Morgan fingerprint density at radius 3 is 2.42 bits per heavy atom. The van der Waals surface area contributed by atoms with Gasteiger partial charge in [0.25, 0.3) is 5.91 Å². The van der Waals surface area contributed by atoms with Gasteiger partial charge in [-0.1, -0.05) is 0 Å². The molecule has 2 aliphatic carbocycles. The van der Waals surface area contributed by atoms with E-state index in [0.29, 0.717) is 25.7 Å². The second kappa shape index (κ2) is 7.82. The van der Waals surface area contributed by atoms with Gasteiger partial charge in [-0.25, -0.2) is 0 Å². The number of anilines is 1.